The number of carbonyl (C=O) groups excluding carboxylic acids is 3. The summed E-state index contributed by atoms with van der Waals surface area (Å²) in [6.45, 7) is 13.7. The normalized spacial score (nSPS) is 40.0. The average Bonchev–Trinajstić information content (AvgIpc) is 3.04. The van der Waals surface area contributed by atoms with Gasteiger partial charge < -0.3 is 38.8 Å². The maximum absolute atomic E-state index is 13.7. The van der Waals surface area contributed by atoms with E-state index in [1.165, 1.54) is 20.1 Å². The highest BCUT2D eigenvalue weighted by Crippen LogP contribution is 2.39. The van der Waals surface area contributed by atoms with E-state index in [9.17, 15) is 24.6 Å². The van der Waals surface area contributed by atoms with Crippen LogP contribution in [-0.4, -0.2) is 108 Å². The monoisotopic (exact) mass is 675 g/mol. The van der Waals surface area contributed by atoms with E-state index in [2.05, 4.69) is 0 Å². The Morgan fingerprint density at radius 1 is 1.08 bits per heavy atom. The number of allylic oxidation sites excluding steroid dienone is 1. The fourth-order valence-electron chi connectivity index (χ4n) is 7.14. The Balaban J connectivity index is 2.12. The van der Waals surface area contributed by atoms with Crippen molar-refractivity contribution in [3.05, 3.63) is 47.5 Å². The summed E-state index contributed by atoms with van der Waals surface area (Å²) >= 11 is 0. The van der Waals surface area contributed by atoms with Gasteiger partial charge in [0.05, 0.1) is 41.4 Å². The van der Waals surface area contributed by atoms with Crippen molar-refractivity contribution < 1.29 is 48.3 Å². The van der Waals surface area contributed by atoms with Crippen LogP contribution in [0.2, 0.25) is 0 Å². The van der Waals surface area contributed by atoms with Crippen LogP contribution >= 0.6 is 0 Å². The van der Waals surface area contributed by atoms with Gasteiger partial charge in [0.1, 0.15) is 11.7 Å². The third-order valence-corrected chi connectivity index (χ3v) is 10.1. The molecule has 2 aliphatic rings. The molecule has 1 fully saturated rings. The number of benzene rings is 1. The van der Waals surface area contributed by atoms with Gasteiger partial charge in [-0.3, -0.25) is 9.59 Å². The molecule has 0 bridgehead atoms. The van der Waals surface area contributed by atoms with Gasteiger partial charge in [-0.15, -0.1) is 0 Å². The third-order valence-electron chi connectivity index (χ3n) is 10.1. The number of cyclic esters (lactones) is 1. The summed E-state index contributed by atoms with van der Waals surface area (Å²) in [4.78, 5) is 42.5. The molecule has 0 saturated carbocycles. The highest BCUT2D eigenvalue weighted by Gasteiger charge is 2.51. The summed E-state index contributed by atoms with van der Waals surface area (Å²) in [5.74, 6) is -3.84. The van der Waals surface area contributed by atoms with Gasteiger partial charge in [0, 0.05) is 18.9 Å². The molecule has 11 heteroatoms. The fourth-order valence-corrected chi connectivity index (χ4v) is 7.14. The predicted octanol–water partition coefficient (Wildman–Crippen LogP) is 4.33. The summed E-state index contributed by atoms with van der Waals surface area (Å²) in [5, 5.41) is 23.0. The predicted molar refractivity (Wildman–Crippen MR) is 180 cm³/mol. The largest absolute Gasteiger partial charge is 0.459 e. The number of aliphatic hydroxyl groups is 2. The van der Waals surface area contributed by atoms with E-state index in [0.717, 1.165) is 0 Å². The summed E-state index contributed by atoms with van der Waals surface area (Å²) in [7, 11) is 5.30. The molecule has 0 aliphatic carbocycles. The van der Waals surface area contributed by atoms with E-state index < -0.39 is 71.6 Å². The number of likely N-dealkylation sites (N-methyl/N-ethyl adjacent to an activating group) is 1. The first-order valence-electron chi connectivity index (χ1n) is 17.0. The Bertz CT molecular complexity index is 1280. The molecule has 0 spiro atoms. The molecule has 1 aromatic carbocycles. The molecule has 0 amide bonds. The second-order valence-corrected chi connectivity index (χ2v) is 14.4. The number of aliphatic hydroxyl groups excluding tert-OH is 1. The summed E-state index contributed by atoms with van der Waals surface area (Å²) in [6.07, 6.45) is -2.99. The second kappa shape index (κ2) is 16.4. The number of rotatable bonds is 7. The molecule has 48 heavy (non-hydrogen) atoms. The first-order chi connectivity index (χ1) is 22.4. The molecule has 11 nitrogen and oxygen atoms in total. The molecule has 270 valence electrons. The van der Waals surface area contributed by atoms with Crippen LogP contribution in [0.3, 0.4) is 0 Å². The SMILES string of the molecule is CC[C@H]1OC(=O)[C@H](C)[C@@H](O)[C@H](C)[C@@H](OC2O[C@H](C)C[C@H](N(C)C)[C@H]2OC(=O)c2ccccc2)[C@](C)(OC)C[C@@H](C)C(=O)/C(C)=C/[C@]1(C)O. The number of esters is 2. The zero-order chi connectivity index (χ0) is 36.1. The number of Topliss-reactive ketones (excluding diaryl/α,β-unsaturated/α-hetero) is 1. The minimum absolute atomic E-state index is 0.168. The van der Waals surface area contributed by atoms with Crippen molar-refractivity contribution in [2.45, 2.75) is 129 Å². The Labute approximate surface area is 285 Å². The first-order valence-corrected chi connectivity index (χ1v) is 17.0. The van der Waals surface area contributed by atoms with Gasteiger partial charge in [-0.1, -0.05) is 39.0 Å². The van der Waals surface area contributed by atoms with E-state index >= 15 is 0 Å². The molecular weight excluding hydrogens is 618 g/mol. The summed E-state index contributed by atoms with van der Waals surface area (Å²) in [5.41, 5.74) is -2.13. The molecule has 12 atom stereocenters. The fraction of sp³-hybridized carbons (Fsp3) is 0.703. The van der Waals surface area contributed by atoms with Gasteiger partial charge in [0.25, 0.3) is 0 Å². The number of nitrogens with zero attached hydrogens (tertiary/aromatic N) is 1. The van der Waals surface area contributed by atoms with Crippen LogP contribution in [0, 0.1) is 17.8 Å². The van der Waals surface area contributed by atoms with Gasteiger partial charge in [-0.25, -0.2) is 4.79 Å². The van der Waals surface area contributed by atoms with Crippen LogP contribution in [0.4, 0.5) is 0 Å². The first kappa shape index (κ1) is 39.8. The molecule has 1 unspecified atom stereocenters. The molecular formula is C37H57NO10. The lowest BCUT2D eigenvalue weighted by atomic mass is 9.76. The second-order valence-electron chi connectivity index (χ2n) is 14.4. The number of ether oxygens (including phenoxy) is 5. The summed E-state index contributed by atoms with van der Waals surface area (Å²) < 4.78 is 31.2. The molecule has 0 aromatic heterocycles. The topological polar surface area (TPSA) is 141 Å². The standard InChI is InChI=1S/C37H57NO10/c1-12-28-36(7,43)19-21(2)29(39)22(3)20-37(8,44-11)32(24(5)30(40)25(6)33(41)46-28)48-35-31(27(38(9)10)18-23(4)45-35)47-34(42)26-16-14-13-15-17-26/h13-17,19,22-25,27-28,30-32,35,40,43H,12,18,20H2,1-11H3/b21-19+/t22-,23-,24+,25-,27+,28-,30+,31-,32-,35?,36+,37-/m1/s1. The zero-order valence-electron chi connectivity index (χ0n) is 30.5. The van der Waals surface area contributed by atoms with Crippen molar-refractivity contribution in [2.24, 2.45) is 17.8 Å². The van der Waals surface area contributed by atoms with Gasteiger partial charge in [0.2, 0.25) is 0 Å². The van der Waals surface area contributed by atoms with E-state index in [-0.39, 0.29) is 30.8 Å². The van der Waals surface area contributed by atoms with Crippen molar-refractivity contribution in [1.82, 2.24) is 4.90 Å². The number of ketones is 1. The minimum atomic E-state index is -1.62. The van der Waals surface area contributed by atoms with Crippen molar-refractivity contribution >= 4 is 17.7 Å². The maximum Gasteiger partial charge on any atom is 0.338 e. The lowest BCUT2D eigenvalue weighted by Gasteiger charge is -2.48. The molecule has 1 saturated heterocycles. The molecule has 2 N–H and O–H groups in total. The lowest BCUT2D eigenvalue weighted by molar-refractivity contribution is -0.300. The van der Waals surface area contributed by atoms with Gasteiger partial charge in [0.15, 0.2) is 18.2 Å². The maximum atomic E-state index is 13.7. The van der Waals surface area contributed by atoms with E-state index in [0.29, 0.717) is 17.6 Å². The Kier molecular flexibility index (Phi) is 13.6. The quantitative estimate of drug-likeness (QED) is 0.399. The molecule has 0 radical (unpaired) electrons. The number of carbonyl (C=O) groups is 3. The average molecular weight is 676 g/mol. The van der Waals surface area contributed by atoms with Crippen molar-refractivity contribution in [2.75, 3.05) is 21.2 Å². The van der Waals surface area contributed by atoms with Crippen LogP contribution in [0.25, 0.3) is 0 Å². The van der Waals surface area contributed by atoms with Crippen LogP contribution < -0.4 is 0 Å². The zero-order valence-corrected chi connectivity index (χ0v) is 30.5. The van der Waals surface area contributed by atoms with Gasteiger partial charge in [-0.2, -0.15) is 0 Å². The van der Waals surface area contributed by atoms with E-state index in [1.807, 2.05) is 32.0 Å². The highest BCUT2D eigenvalue weighted by molar-refractivity contribution is 5.96. The number of methoxy groups -OCH3 is 1. The number of hydrogen-bond acceptors (Lipinski definition) is 11. The van der Waals surface area contributed by atoms with Crippen molar-refractivity contribution in [1.29, 1.82) is 0 Å². The van der Waals surface area contributed by atoms with Gasteiger partial charge in [-0.05, 0) is 91.8 Å². The van der Waals surface area contributed by atoms with Crippen molar-refractivity contribution in [3.8, 4) is 0 Å². The van der Waals surface area contributed by atoms with Crippen LogP contribution in [0.5, 0.6) is 0 Å². The van der Waals surface area contributed by atoms with Crippen LogP contribution in [0.1, 0.15) is 85.0 Å². The molecule has 3 rings (SSSR count). The Morgan fingerprint density at radius 3 is 2.27 bits per heavy atom. The Hall–Kier alpha value is -2.67. The number of hydrogen-bond donors (Lipinski definition) is 2. The van der Waals surface area contributed by atoms with Crippen molar-refractivity contribution in [3.63, 3.8) is 0 Å². The summed E-state index contributed by atoms with van der Waals surface area (Å²) in [6, 6.07) is 8.39. The smallest absolute Gasteiger partial charge is 0.338 e. The van der Waals surface area contributed by atoms with Gasteiger partial charge >= 0.3 is 11.9 Å². The molecule has 2 aliphatic heterocycles. The minimum Gasteiger partial charge on any atom is -0.459 e. The molecule has 1 aromatic rings. The lowest BCUT2D eigenvalue weighted by Crippen LogP contribution is -2.60. The van der Waals surface area contributed by atoms with Crippen LogP contribution in [0.15, 0.2) is 42.0 Å². The van der Waals surface area contributed by atoms with E-state index in [1.54, 1.807) is 65.8 Å². The highest BCUT2D eigenvalue weighted by atomic mass is 16.7. The third kappa shape index (κ3) is 9.11. The van der Waals surface area contributed by atoms with E-state index in [4.69, 9.17) is 23.7 Å². The Morgan fingerprint density at radius 2 is 1.71 bits per heavy atom. The van der Waals surface area contributed by atoms with Crippen LogP contribution in [-0.2, 0) is 33.3 Å². The molecule has 2 heterocycles.